The lowest BCUT2D eigenvalue weighted by Crippen LogP contribution is -2.50. The highest BCUT2D eigenvalue weighted by molar-refractivity contribution is 5.96. The zero-order valence-corrected chi connectivity index (χ0v) is 16.1. The quantitative estimate of drug-likeness (QED) is 0.729. The Morgan fingerprint density at radius 1 is 1.23 bits per heavy atom. The summed E-state index contributed by atoms with van der Waals surface area (Å²) in [6.07, 6.45) is 8.49. The molecule has 2 aromatic heterocycles. The lowest BCUT2D eigenvalue weighted by Gasteiger charge is -2.27. The number of piperidine rings is 1. The molecule has 7 nitrogen and oxygen atoms in total. The number of halogens is 2. The predicted molar refractivity (Wildman–Crippen MR) is 104 cm³/mol. The molecule has 2 aliphatic rings. The van der Waals surface area contributed by atoms with Crippen molar-refractivity contribution in [3.05, 3.63) is 24.2 Å². The number of rotatable bonds is 3. The second-order valence-corrected chi connectivity index (χ2v) is 6.88. The van der Waals surface area contributed by atoms with Gasteiger partial charge in [0, 0.05) is 31.4 Å². The van der Waals surface area contributed by atoms with E-state index < -0.39 is 6.10 Å². The molecule has 144 valence electrons. The van der Waals surface area contributed by atoms with Crippen LogP contribution in [0, 0.1) is 0 Å². The molecule has 3 N–H and O–H groups in total. The van der Waals surface area contributed by atoms with Gasteiger partial charge in [-0.2, -0.15) is 0 Å². The number of nitrogens with zero attached hydrogens (tertiary/aromatic N) is 3. The SMILES string of the molecule is Cl.Cl.O=C(N[C@@H]1CNC[C@H](O)C1)c1cnc2c(c1)ncn2C1CCCC1. The van der Waals surface area contributed by atoms with Crippen LogP contribution >= 0.6 is 24.8 Å². The molecule has 1 aliphatic carbocycles. The summed E-state index contributed by atoms with van der Waals surface area (Å²) < 4.78 is 2.14. The lowest BCUT2D eigenvalue weighted by molar-refractivity contribution is 0.0876. The van der Waals surface area contributed by atoms with Gasteiger partial charge >= 0.3 is 0 Å². The Morgan fingerprint density at radius 3 is 2.73 bits per heavy atom. The van der Waals surface area contributed by atoms with E-state index in [1.54, 1.807) is 12.3 Å². The van der Waals surface area contributed by atoms with Crippen molar-refractivity contribution < 1.29 is 9.90 Å². The number of nitrogens with one attached hydrogen (secondary N) is 2. The van der Waals surface area contributed by atoms with E-state index in [4.69, 9.17) is 0 Å². The van der Waals surface area contributed by atoms with Gasteiger partial charge in [-0.25, -0.2) is 9.97 Å². The van der Waals surface area contributed by atoms with E-state index in [1.807, 2.05) is 6.33 Å². The van der Waals surface area contributed by atoms with Gasteiger partial charge in [-0.3, -0.25) is 4.79 Å². The van der Waals surface area contributed by atoms with Crippen LogP contribution in [0.1, 0.15) is 48.5 Å². The number of fused-ring (bicyclic) bond motifs is 1. The van der Waals surface area contributed by atoms with Crippen molar-refractivity contribution in [2.75, 3.05) is 13.1 Å². The summed E-state index contributed by atoms with van der Waals surface area (Å²) in [4.78, 5) is 21.4. The summed E-state index contributed by atoms with van der Waals surface area (Å²) in [5.74, 6) is -0.166. The summed E-state index contributed by atoms with van der Waals surface area (Å²) >= 11 is 0. The number of hydrogen-bond acceptors (Lipinski definition) is 5. The Morgan fingerprint density at radius 2 is 2.00 bits per heavy atom. The molecule has 1 saturated carbocycles. The second-order valence-electron chi connectivity index (χ2n) is 6.88. The van der Waals surface area contributed by atoms with Crippen LogP contribution in [-0.2, 0) is 0 Å². The van der Waals surface area contributed by atoms with Crippen molar-refractivity contribution >= 4 is 41.9 Å². The molecular weight excluding hydrogens is 377 g/mol. The molecule has 0 radical (unpaired) electrons. The molecule has 26 heavy (non-hydrogen) atoms. The van der Waals surface area contributed by atoms with Crippen LogP contribution in [0.2, 0.25) is 0 Å². The Hall–Kier alpha value is -1.41. The molecule has 9 heteroatoms. The third-order valence-electron chi connectivity index (χ3n) is 5.06. The number of aliphatic hydroxyl groups is 1. The second kappa shape index (κ2) is 8.99. The van der Waals surface area contributed by atoms with Crippen molar-refractivity contribution in [1.29, 1.82) is 0 Å². The maximum Gasteiger partial charge on any atom is 0.253 e. The monoisotopic (exact) mass is 401 g/mol. The van der Waals surface area contributed by atoms with Crippen LogP contribution in [0.4, 0.5) is 0 Å². The Bertz CT molecular complexity index is 748. The van der Waals surface area contributed by atoms with Crippen LogP contribution in [0.3, 0.4) is 0 Å². The van der Waals surface area contributed by atoms with Crippen molar-refractivity contribution in [3.63, 3.8) is 0 Å². The fraction of sp³-hybridized carbons (Fsp3) is 0.588. The molecule has 1 amide bonds. The Kier molecular flexibility index (Phi) is 7.23. The van der Waals surface area contributed by atoms with Gasteiger partial charge in [-0.05, 0) is 25.3 Å². The summed E-state index contributed by atoms with van der Waals surface area (Å²) in [5, 5.41) is 15.7. The van der Waals surface area contributed by atoms with Crippen molar-refractivity contribution in [1.82, 2.24) is 25.2 Å². The smallest absolute Gasteiger partial charge is 0.253 e. The number of aliphatic hydroxyl groups excluding tert-OH is 1. The third kappa shape index (κ3) is 4.28. The number of carbonyl (C=O) groups excluding carboxylic acids is 1. The Balaban J connectivity index is 0.00000121. The van der Waals surface area contributed by atoms with E-state index in [0.29, 0.717) is 31.1 Å². The summed E-state index contributed by atoms with van der Waals surface area (Å²) in [6, 6.07) is 2.22. The van der Waals surface area contributed by atoms with E-state index in [9.17, 15) is 9.90 Å². The highest BCUT2D eigenvalue weighted by Crippen LogP contribution is 2.31. The van der Waals surface area contributed by atoms with Crippen LogP contribution in [0.15, 0.2) is 18.6 Å². The summed E-state index contributed by atoms with van der Waals surface area (Å²) in [5.41, 5.74) is 2.13. The predicted octanol–water partition coefficient (Wildman–Crippen LogP) is 1.84. The summed E-state index contributed by atoms with van der Waals surface area (Å²) in [6.45, 7) is 1.26. The largest absolute Gasteiger partial charge is 0.392 e. The van der Waals surface area contributed by atoms with E-state index in [0.717, 1.165) is 11.2 Å². The molecule has 3 heterocycles. The average molecular weight is 402 g/mol. The van der Waals surface area contributed by atoms with Crippen molar-refractivity contribution in [3.8, 4) is 0 Å². The normalized spacial score (nSPS) is 23.3. The number of amides is 1. The number of pyridine rings is 1. The number of aromatic nitrogens is 3. The lowest BCUT2D eigenvalue weighted by atomic mass is 10.0. The Labute approximate surface area is 164 Å². The van der Waals surface area contributed by atoms with Gasteiger partial charge in [0.1, 0.15) is 5.52 Å². The number of carbonyl (C=O) groups is 1. The molecule has 2 aromatic rings. The maximum atomic E-state index is 12.4. The minimum atomic E-state index is -0.410. The van der Waals surface area contributed by atoms with E-state index in [1.165, 1.54) is 25.7 Å². The number of hydrogen-bond donors (Lipinski definition) is 3. The van der Waals surface area contributed by atoms with E-state index in [2.05, 4.69) is 25.2 Å². The van der Waals surface area contributed by atoms with Gasteiger partial charge in [0.2, 0.25) is 0 Å². The molecule has 1 aliphatic heterocycles. The van der Waals surface area contributed by atoms with E-state index >= 15 is 0 Å². The van der Waals surface area contributed by atoms with Gasteiger partial charge in [-0.15, -0.1) is 24.8 Å². The first-order chi connectivity index (χ1) is 11.7. The molecule has 1 saturated heterocycles. The molecule has 0 spiro atoms. The van der Waals surface area contributed by atoms with E-state index in [-0.39, 0.29) is 36.8 Å². The fourth-order valence-corrected chi connectivity index (χ4v) is 3.79. The first-order valence-corrected chi connectivity index (χ1v) is 8.73. The minimum absolute atomic E-state index is 0. The maximum absolute atomic E-state index is 12.4. The molecular formula is C17H25Cl2N5O2. The van der Waals surface area contributed by atoms with Crippen LogP contribution < -0.4 is 10.6 Å². The fourth-order valence-electron chi connectivity index (χ4n) is 3.79. The number of imidazole rings is 1. The molecule has 0 aromatic carbocycles. The average Bonchev–Trinajstić information content (AvgIpc) is 3.23. The number of β-amino-alcohol motifs (C(OH)–C–C–N with tert-alkyl or cyclic N) is 1. The highest BCUT2D eigenvalue weighted by atomic mass is 35.5. The van der Waals surface area contributed by atoms with Crippen LogP contribution in [-0.4, -0.2) is 50.8 Å². The van der Waals surface area contributed by atoms with Gasteiger partial charge in [0.25, 0.3) is 5.91 Å². The highest BCUT2D eigenvalue weighted by Gasteiger charge is 2.23. The molecule has 2 atom stereocenters. The van der Waals surface area contributed by atoms with Gasteiger partial charge in [0.15, 0.2) is 5.65 Å². The minimum Gasteiger partial charge on any atom is -0.392 e. The molecule has 2 fully saturated rings. The van der Waals surface area contributed by atoms with Crippen molar-refractivity contribution in [2.45, 2.75) is 50.3 Å². The van der Waals surface area contributed by atoms with Crippen LogP contribution in [0.25, 0.3) is 11.2 Å². The summed E-state index contributed by atoms with van der Waals surface area (Å²) in [7, 11) is 0. The molecule has 0 unspecified atom stereocenters. The first kappa shape index (κ1) is 20.9. The van der Waals surface area contributed by atoms with Gasteiger partial charge in [0.05, 0.1) is 18.0 Å². The molecule has 0 bridgehead atoms. The zero-order chi connectivity index (χ0) is 16.5. The standard InChI is InChI=1S/C17H23N5O2.2ClH/c23-14-6-12(8-18-9-14)21-17(24)11-5-15-16(19-7-11)22(10-20-15)13-3-1-2-4-13;;/h5,7,10,12-14,18,23H,1-4,6,8-9H2,(H,21,24);2*1H/t12-,14+;;/m0../s1. The first-order valence-electron chi connectivity index (χ1n) is 8.73. The van der Waals surface area contributed by atoms with Crippen molar-refractivity contribution in [2.24, 2.45) is 0 Å². The zero-order valence-electron chi connectivity index (χ0n) is 14.4. The third-order valence-corrected chi connectivity index (χ3v) is 5.06. The van der Waals surface area contributed by atoms with Crippen LogP contribution in [0.5, 0.6) is 0 Å². The van der Waals surface area contributed by atoms with Gasteiger partial charge in [-0.1, -0.05) is 12.8 Å². The topological polar surface area (TPSA) is 92.1 Å². The van der Waals surface area contributed by atoms with Gasteiger partial charge < -0.3 is 20.3 Å². The molecule has 4 rings (SSSR count).